The third kappa shape index (κ3) is 3.31. The number of benzene rings is 1. The van der Waals surface area contributed by atoms with Crippen molar-refractivity contribution in [1.82, 2.24) is 5.32 Å². The lowest BCUT2D eigenvalue weighted by molar-refractivity contribution is 0.243. The van der Waals surface area contributed by atoms with Gasteiger partial charge >= 0.3 is 6.03 Å². The van der Waals surface area contributed by atoms with Gasteiger partial charge < -0.3 is 11.1 Å². The van der Waals surface area contributed by atoms with Crippen LogP contribution in [-0.4, -0.2) is 25.2 Å². The Balaban J connectivity index is 2.22. The summed E-state index contributed by atoms with van der Waals surface area (Å²) in [6.45, 7) is 3.36. The average Bonchev–Trinajstić information content (AvgIpc) is 2.66. The zero-order valence-electron chi connectivity index (χ0n) is 12.3. The monoisotopic (exact) mass is 275 g/mol. The summed E-state index contributed by atoms with van der Waals surface area (Å²) in [6.07, 6.45) is 5.15. The maximum Gasteiger partial charge on any atom is 0.322 e. The van der Waals surface area contributed by atoms with Crippen molar-refractivity contribution in [1.29, 1.82) is 0 Å². The van der Waals surface area contributed by atoms with E-state index in [-0.39, 0.29) is 12.1 Å². The first-order valence-electron chi connectivity index (χ1n) is 7.63. The highest BCUT2D eigenvalue weighted by Crippen LogP contribution is 2.29. The molecule has 2 amide bonds. The molecule has 1 aliphatic rings. The molecule has 3 N–H and O–H groups in total. The minimum absolute atomic E-state index is 0.0109. The summed E-state index contributed by atoms with van der Waals surface area (Å²) < 4.78 is 0. The topological polar surface area (TPSA) is 58.4 Å². The Bertz CT molecular complexity index is 447. The summed E-state index contributed by atoms with van der Waals surface area (Å²) in [5.41, 5.74) is 8.16. The molecule has 0 saturated carbocycles. The Morgan fingerprint density at radius 1 is 1.45 bits per heavy atom. The number of amides is 2. The molecule has 0 saturated heterocycles. The van der Waals surface area contributed by atoms with E-state index in [1.165, 1.54) is 5.56 Å². The Kier molecular flexibility index (Phi) is 5.41. The maximum atomic E-state index is 12.5. The van der Waals surface area contributed by atoms with Gasteiger partial charge in [0.25, 0.3) is 0 Å². The van der Waals surface area contributed by atoms with E-state index in [1.54, 1.807) is 0 Å². The molecule has 1 aromatic rings. The fraction of sp³-hybridized carbons (Fsp3) is 0.562. The largest absolute Gasteiger partial charge is 0.338 e. The van der Waals surface area contributed by atoms with Gasteiger partial charge in [0.1, 0.15) is 0 Å². The molecule has 1 atom stereocenters. The number of hydrogen-bond donors (Lipinski definition) is 2. The second-order valence-corrected chi connectivity index (χ2v) is 5.37. The Labute approximate surface area is 121 Å². The van der Waals surface area contributed by atoms with E-state index in [0.717, 1.165) is 44.3 Å². The van der Waals surface area contributed by atoms with Crippen LogP contribution >= 0.6 is 0 Å². The number of para-hydroxylation sites is 1. The van der Waals surface area contributed by atoms with E-state index in [4.69, 9.17) is 5.73 Å². The van der Waals surface area contributed by atoms with E-state index >= 15 is 0 Å². The molecule has 110 valence electrons. The standard InChI is InChI=1S/C16H25N3O/c1-2-3-11-18-16(20)19-14(12-17)9-6-8-13-7-4-5-10-15(13)19/h4-5,7,10,14H,2-3,6,8-9,11-12,17H2,1H3,(H,18,20). The summed E-state index contributed by atoms with van der Waals surface area (Å²) >= 11 is 0. The van der Waals surface area contributed by atoms with Crippen molar-refractivity contribution in [2.75, 3.05) is 18.0 Å². The van der Waals surface area contributed by atoms with Gasteiger partial charge in [-0.15, -0.1) is 0 Å². The molecule has 4 nitrogen and oxygen atoms in total. The molecule has 0 aliphatic carbocycles. The molecule has 0 spiro atoms. The predicted molar refractivity (Wildman–Crippen MR) is 83.0 cm³/mol. The maximum absolute atomic E-state index is 12.5. The van der Waals surface area contributed by atoms with Gasteiger partial charge in [-0.05, 0) is 37.3 Å². The van der Waals surface area contributed by atoms with Crippen LogP contribution in [0.3, 0.4) is 0 Å². The second kappa shape index (κ2) is 7.29. The van der Waals surface area contributed by atoms with Crippen molar-refractivity contribution >= 4 is 11.7 Å². The summed E-state index contributed by atoms with van der Waals surface area (Å²) in [4.78, 5) is 14.4. The Hall–Kier alpha value is -1.55. The Morgan fingerprint density at radius 3 is 3.00 bits per heavy atom. The van der Waals surface area contributed by atoms with Crippen LogP contribution in [0.5, 0.6) is 0 Å². The molecule has 2 rings (SSSR count). The molecule has 0 bridgehead atoms. The molecule has 1 unspecified atom stereocenters. The van der Waals surface area contributed by atoms with Gasteiger partial charge in [0.15, 0.2) is 0 Å². The van der Waals surface area contributed by atoms with Gasteiger partial charge in [-0.1, -0.05) is 31.5 Å². The summed E-state index contributed by atoms with van der Waals surface area (Å²) in [6, 6.07) is 8.26. The van der Waals surface area contributed by atoms with E-state index in [0.29, 0.717) is 6.54 Å². The number of urea groups is 1. The van der Waals surface area contributed by atoms with Crippen LogP contribution in [0.25, 0.3) is 0 Å². The van der Waals surface area contributed by atoms with Crippen LogP contribution in [0, 0.1) is 0 Å². The van der Waals surface area contributed by atoms with E-state index in [9.17, 15) is 4.79 Å². The van der Waals surface area contributed by atoms with Crippen molar-refractivity contribution in [2.24, 2.45) is 5.73 Å². The SMILES string of the molecule is CCCCNC(=O)N1c2ccccc2CCCC1CN. The number of unbranched alkanes of at least 4 members (excludes halogenated alkanes) is 1. The molecule has 0 aromatic heterocycles. The van der Waals surface area contributed by atoms with Crippen LogP contribution in [0.2, 0.25) is 0 Å². The van der Waals surface area contributed by atoms with Crippen molar-refractivity contribution in [3.05, 3.63) is 29.8 Å². The first-order chi connectivity index (χ1) is 9.77. The fourth-order valence-corrected chi connectivity index (χ4v) is 2.77. The molecule has 4 heteroatoms. The van der Waals surface area contributed by atoms with E-state index in [2.05, 4.69) is 18.3 Å². The number of anilines is 1. The van der Waals surface area contributed by atoms with Gasteiger partial charge in [-0.3, -0.25) is 4.90 Å². The first kappa shape index (κ1) is 14.9. The smallest absolute Gasteiger partial charge is 0.322 e. The predicted octanol–water partition coefficient (Wildman–Crippen LogP) is 2.67. The molecule has 20 heavy (non-hydrogen) atoms. The van der Waals surface area contributed by atoms with Gasteiger partial charge in [-0.25, -0.2) is 4.79 Å². The summed E-state index contributed by atoms with van der Waals surface area (Å²) in [7, 11) is 0. The highest BCUT2D eigenvalue weighted by Gasteiger charge is 2.28. The van der Waals surface area contributed by atoms with Crippen LogP contribution in [0.4, 0.5) is 10.5 Å². The number of hydrogen-bond acceptors (Lipinski definition) is 2. The zero-order valence-corrected chi connectivity index (χ0v) is 12.3. The van der Waals surface area contributed by atoms with Crippen molar-refractivity contribution < 1.29 is 4.79 Å². The number of nitrogens with two attached hydrogens (primary N) is 1. The van der Waals surface area contributed by atoms with Gasteiger partial charge in [0, 0.05) is 18.8 Å². The molecule has 1 heterocycles. The highest BCUT2D eigenvalue weighted by molar-refractivity contribution is 5.93. The third-order valence-corrected chi connectivity index (χ3v) is 3.90. The highest BCUT2D eigenvalue weighted by atomic mass is 16.2. The normalized spacial score (nSPS) is 18.3. The van der Waals surface area contributed by atoms with E-state index in [1.807, 2.05) is 23.1 Å². The number of carbonyl (C=O) groups excluding carboxylic acids is 1. The lowest BCUT2D eigenvalue weighted by Gasteiger charge is -2.30. The number of nitrogens with zero attached hydrogens (tertiary/aromatic N) is 1. The molecular weight excluding hydrogens is 250 g/mol. The van der Waals surface area contributed by atoms with Crippen molar-refractivity contribution in [2.45, 2.75) is 45.1 Å². The lowest BCUT2D eigenvalue weighted by atomic mass is 10.1. The van der Waals surface area contributed by atoms with Crippen LogP contribution in [-0.2, 0) is 6.42 Å². The van der Waals surface area contributed by atoms with Gasteiger partial charge in [0.05, 0.1) is 6.04 Å². The second-order valence-electron chi connectivity index (χ2n) is 5.37. The zero-order chi connectivity index (χ0) is 14.4. The Morgan fingerprint density at radius 2 is 2.25 bits per heavy atom. The number of carbonyl (C=O) groups is 1. The van der Waals surface area contributed by atoms with Crippen molar-refractivity contribution in [3.63, 3.8) is 0 Å². The molecular formula is C16H25N3O. The third-order valence-electron chi connectivity index (χ3n) is 3.90. The molecule has 1 aromatic carbocycles. The number of rotatable bonds is 4. The van der Waals surface area contributed by atoms with Gasteiger partial charge in [0.2, 0.25) is 0 Å². The number of nitrogens with one attached hydrogen (secondary N) is 1. The number of fused-ring (bicyclic) bond motifs is 1. The van der Waals surface area contributed by atoms with Gasteiger partial charge in [-0.2, -0.15) is 0 Å². The van der Waals surface area contributed by atoms with Crippen molar-refractivity contribution in [3.8, 4) is 0 Å². The van der Waals surface area contributed by atoms with Crippen LogP contribution < -0.4 is 16.0 Å². The average molecular weight is 275 g/mol. The summed E-state index contributed by atoms with van der Waals surface area (Å²) in [5, 5.41) is 3.02. The summed E-state index contributed by atoms with van der Waals surface area (Å²) in [5.74, 6) is 0. The molecule has 0 radical (unpaired) electrons. The van der Waals surface area contributed by atoms with E-state index < -0.39 is 0 Å². The first-order valence-corrected chi connectivity index (χ1v) is 7.63. The fourth-order valence-electron chi connectivity index (χ4n) is 2.77. The minimum Gasteiger partial charge on any atom is -0.338 e. The molecule has 1 aliphatic heterocycles. The lowest BCUT2D eigenvalue weighted by Crippen LogP contribution is -2.49. The minimum atomic E-state index is -0.0109. The van der Waals surface area contributed by atoms with Crippen LogP contribution in [0.15, 0.2) is 24.3 Å². The molecule has 0 fully saturated rings. The quantitative estimate of drug-likeness (QED) is 0.830. The number of aryl methyl sites for hydroxylation is 1. The van der Waals surface area contributed by atoms with Crippen LogP contribution in [0.1, 0.15) is 38.2 Å².